The number of carbonyl (C=O) groups is 1. The maximum Gasteiger partial charge on any atom is 0.223 e. The number of nitrogens with two attached hydrogens (primary N) is 1. The molecule has 0 aromatic rings. The third-order valence-electron chi connectivity index (χ3n) is 2.55. The highest BCUT2D eigenvalue weighted by molar-refractivity contribution is 5.78. The van der Waals surface area contributed by atoms with Crippen LogP contribution in [0.3, 0.4) is 0 Å². The Labute approximate surface area is 98.9 Å². The lowest BCUT2D eigenvalue weighted by atomic mass is 10.0. The summed E-state index contributed by atoms with van der Waals surface area (Å²) in [6, 6.07) is 0.302. The fraction of sp³-hybridized carbons (Fsp3) is 0.917. The van der Waals surface area contributed by atoms with Crippen molar-refractivity contribution in [2.24, 2.45) is 11.7 Å². The smallest absolute Gasteiger partial charge is 0.223 e. The van der Waals surface area contributed by atoms with Gasteiger partial charge in [0.1, 0.15) is 0 Å². The maximum atomic E-state index is 11.7. The highest BCUT2D eigenvalue weighted by Gasteiger charge is 2.14. The molecule has 0 bridgehead atoms. The Balaban J connectivity index is 3.72. The molecule has 4 nitrogen and oxygen atoms in total. The van der Waals surface area contributed by atoms with Crippen LogP contribution in [0, 0.1) is 5.92 Å². The Morgan fingerprint density at radius 3 is 2.44 bits per heavy atom. The second-order valence-electron chi connectivity index (χ2n) is 4.67. The number of ether oxygens (including phenoxy) is 1. The van der Waals surface area contributed by atoms with Gasteiger partial charge >= 0.3 is 0 Å². The largest absolute Gasteiger partial charge is 0.383 e. The first-order valence-electron chi connectivity index (χ1n) is 6.02. The van der Waals surface area contributed by atoms with Crippen LogP contribution in [0.15, 0.2) is 0 Å². The molecule has 0 spiro atoms. The van der Waals surface area contributed by atoms with Crippen molar-refractivity contribution in [3.63, 3.8) is 0 Å². The molecule has 3 N–H and O–H groups in total. The molecule has 16 heavy (non-hydrogen) atoms. The van der Waals surface area contributed by atoms with Crippen molar-refractivity contribution >= 4 is 5.91 Å². The second-order valence-corrected chi connectivity index (χ2v) is 4.67. The average Bonchev–Trinajstić information content (AvgIpc) is 2.17. The zero-order valence-electron chi connectivity index (χ0n) is 11.0. The molecule has 1 amide bonds. The van der Waals surface area contributed by atoms with E-state index in [2.05, 4.69) is 5.32 Å². The van der Waals surface area contributed by atoms with Crippen LogP contribution in [-0.4, -0.2) is 31.7 Å². The van der Waals surface area contributed by atoms with Gasteiger partial charge in [0.2, 0.25) is 5.91 Å². The number of nitrogens with one attached hydrogen (secondary N) is 1. The van der Waals surface area contributed by atoms with Crippen molar-refractivity contribution in [2.75, 3.05) is 13.7 Å². The Hall–Kier alpha value is -0.610. The van der Waals surface area contributed by atoms with Gasteiger partial charge in [-0.15, -0.1) is 0 Å². The van der Waals surface area contributed by atoms with Gasteiger partial charge in [0.05, 0.1) is 6.61 Å². The van der Waals surface area contributed by atoms with Gasteiger partial charge in [0.25, 0.3) is 0 Å². The summed E-state index contributed by atoms with van der Waals surface area (Å²) >= 11 is 0. The maximum absolute atomic E-state index is 11.7. The van der Waals surface area contributed by atoms with Crippen LogP contribution in [-0.2, 0) is 9.53 Å². The highest BCUT2D eigenvalue weighted by Crippen LogP contribution is 2.09. The van der Waals surface area contributed by atoms with E-state index in [1.165, 1.54) is 0 Å². The summed E-state index contributed by atoms with van der Waals surface area (Å²) in [7, 11) is 1.63. The van der Waals surface area contributed by atoms with E-state index < -0.39 is 0 Å². The predicted molar refractivity (Wildman–Crippen MR) is 66.1 cm³/mol. The zero-order valence-corrected chi connectivity index (χ0v) is 11.0. The van der Waals surface area contributed by atoms with Crippen LogP contribution in [0.2, 0.25) is 0 Å². The summed E-state index contributed by atoms with van der Waals surface area (Å²) in [6.45, 7) is 6.44. The molecule has 0 saturated heterocycles. The molecule has 0 aliphatic heterocycles. The van der Waals surface area contributed by atoms with Crippen molar-refractivity contribution in [1.29, 1.82) is 0 Å². The molecule has 0 aromatic heterocycles. The van der Waals surface area contributed by atoms with Gasteiger partial charge in [-0.2, -0.15) is 0 Å². The van der Waals surface area contributed by atoms with Gasteiger partial charge in [-0.3, -0.25) is 4.79 Å². The predicted octanol–water partition coefficient (Wildman–Crippen LogP) is 1.29. The van der Waals surface area contributed by atoms with Crippen molar-refractivity contribution in [1.82, 2.24) is 5.32 Å². The van der Waals surface area contributed by atoms with Crippen molar-refractivity contribution in [3.8, 4) is 0 Å². The standard InChI is InChI=1S/C12H26N2O2/c1-9(6-5-7-10(2)13)12(15)14-11(3)8-16-4/h9-11H,5-8,13H2,1-4H3,(H,14,15). The molecular weight excluding hydrogens is 204 g/mol. The Morgan fingerprint density at radius 2 is 1.94 bits per heavy atom. The number of carbonyl (C=O) groups excluding carboxylic acids is 1. The van der Waals surface area contributed by atoms with E-state index in [0.717, 1.165) is 19.3 Å². The molecular formula is C12H26N2O2. The van der Waals surface area contributed by atoms with E-state index in [4.69, 9.17) is 10.5 Å². The number of hydrogen-bond donors (Lipinski definition) is 2. The van der Waals surface area contributed by atoms with E-state index >= 15 is 0 Å². The number of amides is 1. The average molecular weight is 230 g/mol. The third kappa shape index (κ3) is 7.65. The molecule has 0 fully saturated rings. The van der Waals surface area contributed by atoms with Crippen LogP contribution in [0.5, 0.6) is 0 Å². The SMILES string of the molecule is COCC(C)NC(=O)C(C)CCCC(C)N. The van der Waals surface area contributed by atoms with Crippen LogP contribution < -0.4 is 11.1 Å². The van der Waals surface area contributed by atoms with E-state index in [0.29, 0.717) is 6.61 Å². The van der Waals surface area contributed by atoms with Gasteiger partial charge in [0.15, 0.2) is 0 Å². The first kappa shape index (κ1) is 15.4. The summed E-state index contributed by atoms with van der Waals surface area (Å²) in [6.07, 6.45) is 2.88. The fourth-order valence-electron chi connectivity index (χ4n) is 1.55. The molecule has 0 aliphatic carbocycles. The summed E-state index contributed by atoms with van der Waals surface area (Å²) < 4.78 is 4.97. The number of rotatable bonds is 8. The van der Waals surface area contributed by atoms with E-state index in [1.807, 2.05) is 20.8 Å². The topological polar surface area (TPSA) is 64.3 Å². The lowest BCUT2D eigenvalue weighted by Crippen LogP contribution is -2.38. The summed E-state index contributed by atoms with van der Waals surface area (Å²) in [4.78, 5) is 11.7. The molecule has 0 rings (SSSR count). The minimum Gasteiger partial charge on any atom is -0.383 e. The molecule has 4 heteroatoms. The first-order valence-corrected chi connectivity index (χ1v) is 6.02. The summed E-state index contributed by atoms with van der Waals surface area (Å²) in [5.74, 6) is 0.160. The van der Waals surface area contributed by atoms with Gasteiger partial charge < -0.3 is 15.8 Å². The summed E-state index contributed by atoms with van der Waals surface area (Å²) in [5.41, 5.74) is 5.66. The third-order valence-corrected chi connectivity index (χ3v) is 2.55. The zero-order chi connectivity index (χ0) is 12.6. The lowest BCUT2D eigenvalue weighted by molar-refractivity contribution is -0.125. The molecule has 96 valence electrons. The van der Waals surface area contributed by atoms with Crippen molar-refractivity contribution < 1.29 is 9.53 Å². The molecule has 0 saturated carbocycles. The highest BCUT2D eigenvalue weighted by atomic mass is 16.5. The number of hydrogen-bond acceptors (Lipinski definition) is 3. The minimum atomic E-state index is 0.0538. The first-order chi connectivity index (χ1) is 7.47. The van der Waals surface area contributed by atoms with Crippen molar-refractivity contribution in [2.45, 2.75) is 52.1 Å². The Kier molecular flexibility index (Phi) is 8.21. The second kappa shape index (κ2) is 8.53. The summed E-state index contributed by atoms with van der Waals surface area (Å²) in [5, 5.41) is 2.92. The minimum absolute atomic E-state index is 0.0538. The van der Waals surface area contributed by atoms with Crippen LogP contribution in [0.25, 0.3) is 0 Å². The normalized spacial score (nSPS) is 16.6. The molecule has 0 heterocycles. The fourth-order valence-corrected chi connectivity index (χ4v) is 1.55. The van der Waals surface area contributed by atoms with Gasteiger partial charge in [-0.1, -0.05) is 13.3 Å². The lowest BCUT2D eigenvalue weighted by Gasteiger charge is -2.17. The van der Waals surface area contributed by atoms with E-state index in [-0.39, 0.29) is 23.9 Å². The molecule has 0 aromatic carbocycles. The Morgan fingerprint density at radius 1 is 1.31 bits per heavy atom. The van der Waals surface area contributed by atoms with Gasteiger partial charge in [-0.25, -0.2) is 0 Å². The number of methoxy groups -OCH3 is 1. The quantitative estimate of drug-likeness (QED) is 0.660. The van der Waals surface area contributed by atoms with Crippen molar-refractivity contribution in [3.05, 3.63) is 0 Å². The van der Waals surface area contributed by atoms with Crippen LogP contribution in [0.4, 0.5) is 0 Å². The molecule has 3 unspecified atom stereocenters. The molecule has 0 radical (unpaired) electrons. The van der Waals surface area contributed by atoms with E-state index in [9.17, 15) is 4.79 Å². The van der Waals surface area contributed by atoms with Gasteiger partial charge in [-0.05, 0) is 26.7 Å². The van der Waals surface area contributed by atoms with E-state index in [1.54, 1.807) is 7.11 Å². The Bertz CT molecular complexity index is 195. The van der Waals surface area contributed by atoms with Crippen LogP contribution >= 0.6 is 0 Å². The van der Waals surface area contributed by atoms with Crippen LogP contribution in [0.1, 0.15) is 40.0 Å². The monoisotopic (exact) mass is 230 g/mol. The molecule has 0 aliphatic rings. The van der Waals surface area contributed by atoms with Gasteiger partial charge in [0, 0.05) is 25.1 Å². The molecule has 3 atom stereocenters.